The van der Waals surface area contributed by atoms with Crippen molar-refractivity contribution in [3.05, 3.63) is 34.9 Å². The summed E-state index contributed by atoms with van der Waals surface area (Å²) in [6.45, 7) is 1.75. The first kappa shape index (κ1) is 19.0. The normalized spacial score (nSPS) is 34.5. The van der Waals surface area contributed by atoms with Crippen molar-refractivity contribution in [2.75, 3.05) is 13.1 Å². The lowest BCUT2D eigenvalue weighted by Crippen LogP contribution is -2.49. The third kappa shape index (κ3) is 3.84. The van der Waals surface area contributed by atoms with E-state index in [1.807, 2.05) is 12.1 Å². The zero-order chi connectivity index (χ0) is 16.7. The highest BCUT2D eigenvalue weighted by molar-refractivity contribution is 6.30. The summed E-state index contributed by atoms with van der Waals surface area (Å²) in [6.07, 6.45) is 6.82. The molecule has 138 valence electrons. The number of nitrogens with two attached hydrogens (primary N) is 1. The summed E-state index contributed by atoms with van der Waals surface area (Å²) in [5, 5.41) is 0.773. The van der Waals surface area contributed by atoms with E-state index in [2.05, 4.69) is 17.0 Å². The van der Waals surface area contributed by atoms with Gasteiger partial charge in [-0.2, -0.15) is 0 Å². The number of likely N-dealkylation sites (tertiary alicyclic amines) is 1. The Kier molecular flexibility index (Phi) is 5.97. The number of amides is 1. The zero-order valence-electron chi connectivity index (χ0n) is 14.6. The summed E-state index contributed by atoms with van der Waals surface area (Å²) in [5.74, 6) is 2.19. The molecule has 2 saturated carbocycles. The molecule has 1 heterocycles. The molecule has 0 spiro atoms. The molecule has 1 saturated heterocycles. The molecule has 3 atom stereocenters. The predicted molar refractivity (Wildman–Crippen MR) is 104 cm³/mol. The zero-order valence-corrected chi connectivity index (χ0v) is 16.1. The van der Waals surface area contributed by atoms with E-state index in [0.717, 1.165) is 37.4 Å². The van der Waals surface area contributed by atoms with Crippen LogP contribution in [-0.4, -0.2) is 29.9 Å². The summed E-state index contributed by atoms with van der Waals surface area (Å²) in [7, 11) is 0. The van der Waals surface area contributed by atoms with Crippen molar-refractivity contribution < 1.29 is 4.79 Å². The van der Waals surface area contributed by atoms with Crippen LogP contribution in [0.15, 0.2) is 24.3 Å². The van der Waals surface area contributed by atoms with Crippen molar-refractivity contribution in [2.45, 2.75) is 50.5 Å². The molecular weight excluding hydrogens is 355 g/mol. The van der Waals surface area contributed by atoms with Gasteiger partial charge in [-0.3, -0.25) is 4.79 Å². The Balaban J connectivity index is 0.00000182. The van der Waals surface area contributed by atoms with Gasteiger partial charge in [0.25, 0.3) is 0 Å². The maximum atomic E-state index is 13.0. The highest BCUT2D eigenvalue weighted by atomic mass is 35.5. The molecule has 2 N–H and O–H groups in total. The molecule has 1 aromatic rings. The maximum Gasteiger partial charge on any atom is 0.225 e. The monoisotopic (exact) mass is 382 g/mol. The smallest absolute Gasteiger partial charge is 0.225 e. The van der Waals surface area contributed by atoms with Crippen LogP contribution in [-0.2, 0) is 4.79 Å². The van der Waals surface area contributed by atoms with Crippen LogP contribution in [0.25, 0.3) is 0 Å². The molecule has 3 aliphatic rings. The molecule has 1 aromatic carbocycles. The summed E-state index contributed by atoms with van der Waals surface area (Å²) in [6, 6.07) is 8.44. The van der Waals surface area contributed by atoms with Gasteiger partial charge in [-0.05, 0) is 61.6 Å². The van der Waals surface area contributed by atoms with Gasteiger partial charge in [0.1, 0.15) is 0 Å². The van der Waals surface area contributed by atoms with E-state index >= 15 is 0 Å². The van der Waals surface area contributed by atoms with Gasteiger partial charge in [-0.25, -0.2) is 0 Å². The molecular formula is C20H28Cl2N2O. The van der Waals surface area contributed by atoms with Gasteiger partial charge in [0.2, 0.25) is 5.91 Å². The van der Waals surface area contributed by atoms with Crippen LogP contribution in [0.2, 0.25) is 5.02 Å². The van der Waals surface area contributed by atoms with E-state index in [-0.39, 0.29) is 18.3 Å². The van der Waals surface area contributed by atoms with Gasteiger partial charge in [0.05, 0.1) is 0 Å². The van der Waals surface area contributed by atoms with Gasteiger partial charge in [0.15, 0.2) is 0 Å². The largest absolute Gasteiger partial charge is 0.342 e. The van der Waals surface area contributed by atoms with Gasteiger partial charge in [-0.1, -0.05) is 30.2 Å². The lowest BCUT2D eigenvalue weighted by molar-refractivity contribution is -0.137. The summed E-state index contributed by atoms with van der Waals surface area (Å²) in [4.78, 5) is 15.1. The van der Waals surface area contributed by atoms with Gasteiger partial charge in [-0.15, -0.1) is 12.4 Å². The van der Waals surface area contributed by atoms with Gasteiger partial charge in [0, 0.05) is 36.0 Å². The minimum Gasteiger partial charge on any atom is -0.342 e. The lowest BCUT2D eigenvalue weighted by atomic mass is 9.65. The maximum absolute atomic E-state index is 13.0. The Labute approximate surface area is 161 Å². The standard InChI is InChI=1S/C20H27ClN2O.ClH/c21-18-6-4-13(5-7-18)16-8-9-23(12-16)20(24)17-10-14-2-1-3-15(11-17)19(14)22;/h4-7,14-17,19H,1-3,8-12,22H2;1H. The van der Waals surface area contributed by atoms with E-state index in [1.165, 1.54) is 24.8 Å². The number of benzene rings is 1. The Morgan fingerprint density at radius 3 is 2.36 bits per heavy atom. The molecule has 3 unspecified atom stereocenters. The number of fused-ring (bicyclic) bond motifs is 2. The van der Waals surface area contributed by atoms with E-state index in [4.69, 9.17) is 17.3 Å². The first-order chi connectivity index (χ1) is 11.6. The fourth-order valence-corrected chi connectivity index (χ4v) is 5.34. The molecule has 1 amide bonds. The van der Waals surface area contributed by atoms with Crippen LogP contribution in [0.4, 0.5) is 0 Å². The van der Waals surface area contributed by atoms with E-state index in [9.17, 15) is 4.79 Å². The number of carbonyl (C=O) groups is 1. The SMILES string of the molecule is Cl.NC1C2CCCC1CC(C(=O)N1CCC(c3ccc(Cl)cc3)C1)C2. The molecule has 0 aromatic heterocycles. The Hall–Kier alpha value is -0.770. The van der Waals surface area contributed by atoms with Crippen LogP contribution < -0.4 is 5.73 Å². The van der Waals surface area contributed by atoms with Crippen LogP contribution in [0, 0.1) is 17.8 Å². The molecule has 3 fully saturated rings. The summed E-state index contributed by atoms with van der Waals surface area (Å²) >= 11 is 5.98. The fraction of sp³-hybridized carbons (Fsp3) is 0.650. The van der Waals surface area contributed by atoms with E-state index in [1.54, 1.807) is 0 Å². The molecule has 3 nitrogen and oxygen atoms in total. The van der Waals surface area contributed by atoms with Crippen LogP contribution in [0.1, 0.15) is 50.0 Å². The number of hydrogen-bond donors (Lipinski definition) is 1. The molecule has 2 aliphatic carbocycles. The Morgan fingerprint density at radius 2 is 1.72 bits per heavy atom. The van der Waals surface area contributed by atoms with Gasteiger partial charge < -0.3 is 10.6 Å². The van der Waals surface area contributed by atoms with Crippen LogP contribution in [0.3, 0.4) is 0 Å². The average Bonchev–Trinajstić information content (AvgIpc) is 3.04. The molecule has 2 bridgehead atoms. The first-order valence-corrected chi connectivity index (χ1v) is 9.79. The summed E-state index contributed by atoms with van der Waals surface area (Å²) < 4.78 is 0. The molecule has 0 radical (unpaired) electrons. The highest BCUT2D eigenvalue weighted by Gasteiger charge is 2.42. The number of rotatable bonds is 2. The van der Waals surface area contributed by atoms with E-state index < -0.39 is 0 Å². The van der Waals surface area contributed by atoms with Crippen LogP contribution in [0.5, 0.6) is 0 Å². The van der Waals surface area contributed by atoms with Crippen molar-refractivity contribution in [3.8, 4) is 0 Å². The summed E-state index contributed by atoms with van der Waals surface area (Å²) in [5.41, 5.74) is 7.68. The molecule has 1 aliphatic heterocycles. The third-order valence-corrected chi connectivity index (χ3v) is 6.86. The van der Waals surface area contributed by atoms with Crippen LogP contribution >= 0.6 is 24.0 Å². The third-order valence-electron chi connectivity index (χ3n) is 6.60. The number of halogens is 2. The Bertz CT molecular complexity index is 592. The number of carbonyl (C=O) groups excluding carboxylic acids is 1. The lowest BCUT2D eigenvalue weighted by Gasteiger charge is -2.44. The van der Waals surface area contributed by atoms with Gasteiger partial charge >= 0.3 is 0 Å². The van der Waals surface area contributed by atoms with Crippen molar-refractivity contribution in [3.63, 3.8) is 0 Å². The number of nitrogens with zero attached hydrogens (tertiary/aromatic N) is 1. The average molecular weight is 383 g/mol. The Morgan fingerprint density at radius 1 is 1.08 bits per heavy atom. The molecule has 5 heteroatoms. The van der Waals surface area contributed by atoms with E-state index in [0.29, 0.717) is 29.7 Å². The van der Waals surface area contributed by atoms with Crippen molar-refractivity contribution in [2.24, 2.45) is 23.5 Å². The predicted octanol–water partition coefficient (Wildman–Crippen LogP) is 4.23. The van der Waals surface area contributed by atoms with Crippen molar-refractivity contribution in [1.29, 1.82) is 0 Å². The quantitative estimate of drug-likeness (QED) is 0.831. The second kappa shape index (κ2) is 7.85. The molecule has 4 rings (SSSR count). The van der Waals surface area contributed by atoms with Crippen molar-refractivity contribution >= 4 is 29.9 Å². The number of hydrogen-bond acceptors (Lipinski definition) is 2. The second-order valence-electron chi connectivity index (χ2n) is 8.02. The van der Waals surface area contributed by atoms with Crippen molar-refractivity contribution in [1.82, 2.24) is 4.90 Å². The topological polar surface area (TPSA) is 46.3 Å². The second-order valence-corrected chi connectivity index (χ2v) is 8.45. The minimum absolute atomic E-state index is 0. The highest BCUT2D eigenvalue weighted by Crippen LogP contribution is 2.43. The fourth-order valence-electron chi connectivity index (χ4n) is 5.22. The first-order valence-electron chi connectivity index (χ1n) is 9.41. The molecule has 25 heavy (non-hydrogen) atoms. The minimum atomic E-state index is 0.